The predicted molar refractivity (Wildman–Crippen MR) is 95.1 cm³/mol. The maximum atomic E-state index is 12.3. The summed E-state index contributed by atoms with van der Waals surface area (Å²) >= 11 is 0. The molecule has 7 heteroatoms. The second-order valence-electron chi connectivity index (χ2n) is 8.50. The molecule has 1 amide bonds. The first kappa shape index (κ1) is 20.9. The van der Waals surface area contributed by atoms with Gasteiger partial charge in [-0.05, 0) is 19.9 Å². The van der Waals surface area contributed by atoms with Crippen molar-refractivity contribution in [2.24, 2.45) is 5.41 Å². The van der Waals surface area contributed by atoms with Crippen LogP contribution < -0.4 is 5.32 Å². The molecule has 0 aromatic rings. The molecular formula is C17H31NO5Si. The largest absolute Gasteiger partial charge is 0.463 e. The van der Waals surface area contributed by atoms with Crippen LogP contribution in [-0.4, -0.2) is 45.1 Å². The molecule has 1 atom stereocenters. The number of carbonyl (C=O) groups is 2. The summed E-state index contributed by atoms with van der Waals surface area (Å²) in [6, 6.07) is 0.915. The molecule has 0 spiro atoms. The quantitative estimate of drug-likeness (QED) is 0.449. The standard InChI is InChI=1S/C17H31NO5Si/c1-16(2)12-22-17(3,4)23-14(16)15(20)18-9-8-13(19)21-10-11-24(5,6)7/h8-9,14H,10-12H2,1-7H3,(H,18,20)/b9-8-. The van der Waals surface area contributed by atoms with Gasteiger partial charge in [-0.1, -0.05) is 33.5 Å². The van der Waals surface area contributed by atoms with Crippen molar-refractivity contribution in [1.82, 2.24) is 5.32 Å². The number of esters is 1. The molecule has 0 aromatic heterocycles. The first-order valence-corrected chi connectivity index (χ1v) is 12.0. The fourth-order valence-corrected chi connectivity index (χ4v) is 2.81. The Morgan fingerprint density at radius 1 is 1.25 bits per heavy atom. The molecular weight excluding hydrogens is 326 g/mol. The lowest BCUT2D eigenvalue weighted by Crippen LogP contribution is -2.55. The lowest BCUT2D eigenvalue weighted by molar-refractivity contribution is -0.303. The van der Waals surface area contributed by atoms with E-state index in [1.165, 1.54) is 12.3 Å². The highest BCUT2D eigenvalue weighted by atomic mass is 28.3. The Balaban J connectivity index is 2.48. The number of rotatable bonds is 6. The van der Waals surface area contributed by atoms with E-state index >= 15 is 0 Å². The second kappa shape index (κ2) is 7.80. The summed E-state index contributed by atoms with van der Waals surface area (Å²) in [5.74, 6) is -1.57. The minimum atomic E-state index is -1.22. The smallest absolute Gasteiger partial charge is 0.332 e. The van der Waals surface area contributed by atoms with Gasteiger partial charge in [-0.25, -0.2) is 4.79 Å². The van der Waals surface area contributed by atoms with Crippen LogP contribution in [0.15, 0.2) is 12.3 Å². The Bertz CT molecular complexity index is 494. The van der Waals surface area contributed by atoms with E-state index in [2.05, 4.69) is 25.0 Å². The number of hydrogen-bond donors (Lipinski definition) is 1. The number of amides is 1. The molecule has 1 heterocycles. The van der Waals surface area contributed by atoms with Crippen LogP contribution in [0.4, 0.5) is 0 Å². The predicted octanol–water partition coefficient (Wildman–Crippen LogP) is 2.68. The second-order valence-corrected chi connectivity index (χ2v) is 14.1. The van der Waals surface area contributed by atoms with Crippen molar-refractivity contribution in [2.75, 3.05) is 13.2 Å². The Labute approximate surface area is 145 Å². The normalized spacial score (nSPS) is 23.0. The summed E-state index contributed by atoms with van der Waals surface area (Å²) in [6.45, 7) is 14.8. The molecule has 24 heavy (non-hydrogen) atoms. The first-order chi connectivity index (χ1) is 10.8. The van der Waals surface area contributed by atoms with E-state index < -0.39 is 31.3 Å². The van der Waals surface area contributed by atoms with E-state index in [1.54, 1.807) is 13.8 Å². The van der Waals surface area contributed by atoms with Gasteiger partial charge in [0.2, 0.25) is 0 Å². The van der Waals surface area contributed by atoms with Gasteiger partial charge in [0.1, 0.15) is 6.10 Å². The molecule has 0 aromatic carbocycles. The van der Waals surface area contributed by atoms with Gasteiger partial charge >= 0.3 is 5.97 Å². The van der Waals surface area contributed by atoms with Gasteiger partial charge in [0.15, 0.2) is 5.79 Å². The van der Waals surface area contributed by atoms with Crippen LogP contribution in [0.5, 0.6) is 0 Å². The molecule has 1 unspecified atom stereocenters. The van der Waals surface area contributed by atoms with Crippen LogP contribution in [0.25, 0.3) is 0 Å². The van der Waals surface area contributed by atoms with E-state index in [0.29, 0.717) is 13.2 Å². The molecule has 1 N–H and O–H groups in total. The Kier molecular flexibility index (Phi) is 6.78. The third kappa shape index (κ3) is 7.15. The first-order valence-electron chi connectivity index (χ1n) is 8.28. The van der Waals surface area contributed by atoms with Crippen LogP contribution >= 0.6 is 0 Å². The van der Waals surface area contributed by atoms with Crippen LogP contribution in [0.3, 0.4) is 0 Å². The summed E-state index contributed by atoms with van der Waals surface area (Å²) < 4.78 is 16.4. The molecule has 0 aliphatic carbocycles. The van der Waals surface area contributed by atoms with Crippen molar-refractivity contribution in [3.05, 3.63) is 12.3 Å². The summed E-state index contributed by atoms with van der Waals surface area (Å²) in [6.07, 6.45) is 1.87. The van der Waals surface area contributed by atoms with Gasteiger partial charge in [-0.15, -0.1) is 0 Å². The molecule has 138 valence electrons. The minimum absolute atomic E-state index is 0.303. The van der Waals surface area contributed by atoms with Crippen LogP contribution in [0, 0.1) is 5.41 Å². The van der Waals surface area contributed by atoms with Crippen molar-refractivity contribution in [1.29, 1.82) is 0 Å². The van der Waals surface area contributed by atoms with E-state index in [4.69, 9.17) is 14.2 Å². The molecule has 0 bridgehead atoms. The number of hydrogen-bond acceptors (Lipinski definition) is 5. The zero-order valence-corrected chi connectivity index (χ0v) is 16.9. The molecule has 1 aliphatic rings. The van der Waals surface area contributed by atoms with Crippen LogP contribution in [0.1, 0.15) is 27.7 Å². The van der Waals surface area contributed by atoms with Crippen molar-refractivity contribution in [2.45, 2.75) is 65.3 Å². The zero-order chi connectivity index (χ0) is 18.6. The summed E-state index contributed by atoms with van der Waals surface area (Å²) in [5.41, 5.74) is -0.453. The van der Waals surface area contributed by atoms with Crippen molar-refractivity contribution in [3.63, 3.8) is 0 Å². The van der Waals surface area contributed by atoms with E-state index in [1.807, 2.05) is 13.8 Å². The van der Waals surface area contributed by atoms with Gasteiger partial charge in [-0.3, -0.25) is 4.79 Å². The molecule has 0 radical (unpaired) electrons. The lowest BCUT2D eigenvalue weighted by Gasteiger charge is -2.44. The van der Waals surface area contributed by atoms with Gasteiger partial charge in [0, 0.05) is 25.8 Å². The Morgan fingerprint density at radius 3 is 2.46 bits per heavy atom. The lowest BCUT2D eigenvalue weighted by atomic mass is 9.85. The fourth-order valence-electron chi connectivity index (χ4n) is 2.09. The van der Waals surface area contributed by atoms with Gasteiger partial charge in [0.25, 0.3) is 5.91 Å². The topological polar surface area (TPSA) is 73.9 Å². The maximum Gasteiger partial charge on any atom is 0.332 e. The SMILES string of the molecule is CC1(C)OCC(C)(C)C(C(=O)N/C=C\C(=O)OCC[Si](C)(C)C)O1. The average Bonchev–Trinajstić information content (AvgIpc) is 2.40. The molecule has 1 fully saturated rings. The summed E-state index contributed by atoms with van der Waals surface area (Å²) in [7, 11) is -1.22. The highest BCUT2D eigenvalue weighted by molar-refractivity contribution is 6.76. The fraction of sp³-hybridized carbons (Fsp3) is 0.765. The Hall–Kier alpha value is -1.18. The minimum Gasteiger partial charge on any atom is -0.463 e. The molecule has 1 saturated heterocycles. The molecule has 0 saturated carbocycles. The third-order valence-electron chi connectivity index (χ3n) is 3.68. The Morgan fingerprint density at radius 2 is 1.88 bits per heavy atom. The van der Waals surface area contributed by atoms with Crippen molar-refractivity contribution >= 4 is 20.0 Å². The highest BCUT2D eigenvalue weighted by Gasteiger charge is 2.45. The van der Waals surface area contributed by atoms with Gasteiger partial charge in [0.05, 0.1) is 13.2 Å². The number of carbonyl (C=O) groups excluding carboxylic acids is 2. The number of ether oxygens (including phenoxy) is 3. The van der Waals surface area contributed by atoms with Crippen LogP contribution in [-0.2, 0) is 23.8 Å². The van der Waals surface area contributed by atoms with E-state index in [0.717, 1.165) is 6.04 Å². The van der Waals surface area contributed by atoms with Gasteiger partial charge < -0.3 is 19.5 Å². The summed E-state index contributed by atoms with van der Waals surface area (Å²) in [4.78, 5) is 24.0. The third-order valence-corrected chi connectivity index (χ3v) is 5.39. The van der Waals surface area contributed by atoms with Crippen molar-refractivity contribution < 1.29 is 23.8 Å². The van der Waals surface area contributed by atoms with Crippen LogP contribution in [0.2, 0.25) is 25.7 Å². The average molecular weight is 358 g/mol. The molecule has 1 aliphatic heterocycles. The van der Waals surface area contributed by atoms with E-state index in [-0.39, 0.29) is 5.91 Å². The highest BCUT2D eigenvalue weighted by Crippen LogP contribution is 2.34. The molecule has 1 rings (SSSR count). The maximum absolute atomic E-state index is 12.3. The van der Waals surface area contributed by atoms with E-state index in [9.17, 15) is 9.59 Å². The zero-order valence-electron chi connectivity index (χ0n) is 15.9. The van der Waals surface area contributed by atoms with Gasteiger partial charge in [-0.2, -0.15) is 0 Å². The monoisotopic (exact) mass is 357 g/mol. The number of nitrogens with one attached hydrogen (secondary N) is 1. The summed E-state index contributed by atoms with van der Waals surface area (Å²) in [5, 5.41) is 2.59. The molecule has 6 nitrogen and oxygen atoms in total. The van der Waals surface area contributed by atoms with Crippen molar-refractivity contribution in [3.8, 4) is 0 Å².